The summed E-state index contributed by atoms with van der Waals surface area (Å²) in [5, 5.41) is 8.44. The highest BCUT2D eigenvalue weighted by Crippen LogP contribution is 2.53. The fourth-order valence-corrected chi connectivity index (χ4v) is 9.57. The first-order valence-electron chi connectivity index (χ1n) is 20.0. The lowest BCUT2D eigenvalue weighted by atomic mass is 9.84. The maximum atomic E-state index is 14.3. The lowest BCUT2D eigenvalue weighted by Gasteiger charge is -2.35. The Kier molecular flexibility index (Phi) is 10.7. The summed E-state index contributed by atoms with van der Waals surface area (Å²) in [6.07, 6.45) is 5.28. The van der Waals surface area contributed by atoms with Crippen LogP contribution in [0.1, 0.15) is 81.4 Å². The molecular weight excluding hydrogens is 739 g/mol. The number of carbonyl (C=O) groups is 3. The van der Waals surface area contributed by atoms with E-state index in [0.717, 1.165) is 61.9 Å². The van der Waals surface area contributed by atoms with Gasteiger partial charge < -0.3 is 19.4 Å². The zero-order valence-corrected chi connectivity index (χ0v) is 34.3. The van der Waals surface area contributed by atoms with Crippen LogP contribution in [0.25, 0.3) is 33.4 Å². The predicted octanol–water partition coefficient (Wildman–Crippen LogP) is 6.65. The van der Waals surface area contributed by atoms with E-state index in [1.54, 1.807) is 19.5 Å². The van der Waals surface area contributed by atoms with Crippen molar-refractivity contribution in [2.24, 2.45) is 17.3 Å². The number of aryl methyl sites for hydroxylation is 1. The minimum atomic E-state index is -0.896. The van der Waals surface area contributed by atoms with Crippen molar-refractivity contribution in [1.29, 1.82) is 0 Å². The Balaban J connectivity index is 1.20. The molecule has 6 atom stereocenters. The minimum Gasteiger partial charge on any atom is -0.464 e. The number of hydrogen-bond acceptors (Lipinski definition) is 10. The molecule has 1 aromatic carbocycles. The molecule has 12 nitrogen and oxygen atoms in total. The largest absolute Gasteiger partial charge is 0.464 e. The Hall–Kier alpha value is -4.98. The molecule has 1 aliphatic carbocycles. The first-order chi connectivity index (χ1) is 27.5. The fourth-order valence-electron chi connectivity index (χ4n) is 8.72. The SMILES string of the molecule is CCn1c(-c2cccnc2[C@H](C)OC)c2c3cc(ccc31)-c1csc(n1)C[C@H](NC(=O)[C@H]1[C@@H](C)[C@@H]1c1ccccn1)C(=O)N1CCC[C@H](N1)C(=O)OCC(C)(C)C2. The van der Waals surface area contributed by atoms with Crippen LogP contribution in [0.2, 0.25) is 0 Å². The Morgan fingerprint density at radius 1 is 1.14 bits per heavy atom. The molecule has 0 unspecified atom stereocenters. The molecule has 2 N–H and O–H groups in total. The van der Waals surface area contributed by atoms with Gasteiger partial charge in [0.05, 0.1) is 34.8 Å². The second-order valence-corrected chi connectivity index (χ2v) is 17.4. The highest BCUT2D eigenvalue weighted by molar-refractivity contribution is 7.10. The summed E-state index contributed by atoms with van der Waals surface area (Å²) >= 11 is 1.47. The number of esters is 1. The number of hydrogen-bond donors (Lipinski definition) is 2. The van der Waals surface area contributed by atoms with E-state index >= 15 is 0 Å². The highest BCUT2D eigenvalue weighted by atomic mass is 32.1. The maximum Gasteiger partial charge on any atom is 0.324 e. The average Bonchev–Trinajstić information content (AvgIpc) is 3.52. The third kappa shape index (κ3) is 7.60. The van der Waals surface area contributed by atoms with Gasteiger partial charge in [0, 0.05) is 89.4 Å². The summed E-state index contributed by atoms with van der Waals surface area (Å²) in [5.74, 6) is -1.11. The van der Waals surface area contributed by atoms with Crippen LogP contribution >= 0.6 is 11.3 Å². The normalized spacial score (nSPS) is 24.1. The average molecular weight is 790 g/mol. The molecule has 2 aliphatic heterocycles. The second-order valence-electron chi connectivity index (χ2n) is 16.4. The minimum absolute atomic E-state index is 0.0143. The molecular formula is C44H51N7O5S. The van der Waals surface area contributed by atoms with Crippen molar-refractivity contribution in [1.82, 2.24) is 35.3 Å². The van der Waals surface area contributed by atoms with Crippen molar-refractivity contribution in [2.75, 3.05) is 20.3 Å². The molecule has 1 saturated carbocycles. The van der Waals surface area contributed by atoms with Crippen LogP contribution in [0.4, 0.5) is 0 Å². The summed E-state index contributed by atoms with van der Waals surface area (Å²) < 4.78 is 14.2. The van der Waals surface area contributed by atoms with Gasteiger partial charge in [0.25, 0.3) is 5.91 Å². The maximum absolute atomic E-state index is 14.3. The van der Waals surface area contributed by atoms with Gasteiger partial charge in [0.2, 0.25) is 5.91 Å². The first-order valence-corrected chi connectivity index (χ1v) is 20.9. The summed E-state index contributed by atoms with van der Waals surface area (Å²) in [7, 11) is 1.70. The van der Waals surface area contributed by atoms with Gasteiger partial charge in [-0.05, 0) is 81.0 Å². The van der Waals surface area contributed by atoms with E-state index < -0.39 is 23.5 Å². The van der Waals surface area contributed by atoms with Crippen molar-refractivity contribution in [3.63, 3.8) is 0 Å². The van der Waals surface area contributed by atoms with Gasteiger partial charge in [-0.1, -0.05) is 32.9 Å². The molecule has 1 saturated heterocycles. The van der Waals surface area contributed by atoms with Crippen molar-refractivity contribution in [2.45, 2.75) is 91.0 Å². The Labute approximate surface area is 337 Å². The molecule has 4 aromatic heterocycles. The molecule has 0 radical (unpaired) electrons. The van der Waals surface area contributed by atoms with Crippen LogP contribution in [0.3, 0.4) is 0 Å². The number of benzene rings is 1. The van der Waals surface area contributed by atoms with Crippen molar-refractivity contribution >= 4 is 40.0 Å². The zero-order chi connectivity index (χ0) is 40.0. The highest BCUT2D eigenvalue weighted by Gasteiger charge is 2.54. The number of fused-ring (bicyclic) bond motifs is 6. The topological polar surface area (TPSA) is 141 Å². The predicted molar refractivity (Wildman–Crippen MR) is 219 cm³/mol. The van der Waals surface area contributed by atoms with Gasteiger partial charge in [0.15, 0.2) is 0 Å². The number of nitrogens with zero attached hydrogens (tertiary/aromatic N) is 5. The van der Waals surface area contributed by atoms with Gasteiger partial charge in [-0.3, -0.25) is 29.4 Å². The fraction of sp³-hybridized carbons (Fsp3) is 0.455. The van der Waals surface area contributed by atoms with Crippen LogP contribution < -0.4 is 10.7 Å². The van der Waals surface area contributed by atoms with Crippen LogP contribution in [-0.2, 0) is 43.2 Å². The standard InChI is InChI=1S/C44H51N7O5S/c1-7-50-35-16-15-27-20-29(35)30(40(50)28-12-10-18-46-39(28)26(3)55-6)22-44(4,5)24-56-43(54)32-14-11-19-51(49-32)42(53)33(21-36-47-34(27)23-57-36)48-41(52)38-25(2)37(38)31-13-8-9-17-45-31/h8-10,12-13,15-18,20,23,25-26,32-33,37-38,49H,7,11,14,19,21-22,24H2,1-6H3,(H,48,52)/t25-,26-,32-,33-,37+,38-/m0/s1. The van der Waals surface area contributed by atoms with Crippen LogP contribution in [0.5, 0.6) is 0 Å². The van der Waals surface area contributed by atoms with Gasteiger partial charge in [-0.25, -0.2) is 10.4 Å². The summed E-state index contributed by atoms with van der Waals surface area (Å²) in [6.45, 7) is 11.7. The molecule has 3 aliphatic rings. The van der Waals surface area contributed by atoms with E-state index in [9.17, 15) is 14.4 Å². The number of methoxy groups -OCH3 is 1. The van der Waals surface area contributed by atoms with E-state index in [1.165, 1.54) is 16.3 Å². The molecule has 5 aromatic rings. The monoisotopic (exact) mass is 789 g/mol. The number of hydrazine groups is 1. The number of rotatable bonds is 7. The second kappa shape index (κ2) is 15.8. The Morgan fingerprint density at radius 2 is 1.96 bits per heavy atom. The number of pyridine rings is 2. The van der Waals surface area contributed by atoms with E-state index in [1.807, 2.05) is 43.5 Å². The van der Waals surface area contributed by atoms with Crippen molar-refractivity contribution < 1.29 is 23.9 Å². The van der Waals surface area contributed by atoms with Crippen molar-refractivity contribution in [3.8, 4) is 22.5 Å². The van der Waals surface area contributed by atoms with Crippen LogP contribution in [-0.4, -0.2) is 74.7 Å². The van der Waals surface area contributed by atoms with E-state index in [0.29, 0.717) is 25.8 Å². The van der Waals surface area contributed by atoms with Gasteiger partial charge in [-0.15, -0.1) is 11.3 Å². The molecule has 6 heterocycles. The molecule has 2 fully saturated rings. The number of cyclic esters (lactones) is 1. The third-order valence-corrected chi connectivity index (χ3v) is 12.7. The number of thiazole rings is 1. The van der Waals surface area contributed by atoms with Crippen LogP contribution in [0, 0.1) is 17.3 Å². The Bertz CT molecular complexity index is 2300. The van der Waals surface area contributed by atoms with E-state index in [2.05, 4.69) is 65.3 Å². The Morgan fingerprint density at radius 3 is 2.74 bits per heavy atom. The zero-order valence-electron chi connectivity index (χ0n) is 33.5. The van der Waals surface area contributed by atoms with E-state index in [4.69, 9.17) is 19.4 Å². The number of aromatic nitrogens is 4. The number of nitrogens with one attached hydrogen (secondary N) is 2. The molecule has 8 rings (SSSR count). The van der Waals surface area contributed by atoms with Gasteiger partial charge in [-0.2, -0.15) is 0 Å². The molecule has 13 heteroatoms. The third-order valence-electron chi connectivity index (χ3n) is 11.9. The lowest BCUT2D eigenvalue weighted by Crippen LogP contribution is -2.60. The summed E-state index contributed by atoms with van der Waals surface area (Å²) in [4.78, 5) is 56.4. The number of ether oxygens (including phenoxy) is 2. The summed E-state index contributed by atoms with van der Waals surface area (Å²) in [5.41, 5.74) is 10.5. The number of amides is 2. The number of carbonyl (C=O) groups excluding carboxylic acids is 3. The molecule has 0 spiro atoms. The van der Waals surface area contributed by atoms with E-state index in [-0.39, 0.29) is 48.7 Å². The molecule has 6 bridgehead atoms. The van der Waals surface area contributed by atoms with Gasteiger partial charge in [0.1, 0.15) is 12.1 Å². The summed E-state index contributed by atoms with van der Waals surface area (Å²) in [6, 6.07) is 14.7. The first kappa shape index (κ1) is 38.9. The van der Waals surface area contributed by atoms with Gasteiger partial charge >= 0.3 is 5.97 Å². The smallest absolute Gasteiger partial charge is 0.324 e. The lowest BCUT2D eigenvalue weighted by molar-refractivity contribution is -0.155. The van der Waals surface area contributed by atoms with Crippen LogP contribution in [0.15, 0.2) is 66.3 Å². The quantitative estimate of drug-likeness (QED) is 0.174. The molecule has 2 amide bonds. The van der Waals surface area contributed by atoms with Crippen molar-refractivity contribution in [3.05, 3.63) is 88.3 Å². The molecule has 57 heavy (non-hydrogen) atoms. The molecule has 298 valence electrons.